The number of rotatable bonds is 2. The smallest absolute Gasteiger partial charge is 0.201 e. The van der Waals surface area contributed by atoms with E-state index in [-0.39, 0.29) is 11.5 Å². The summed E-state index contributed by atoms with van der Waals surface area (Å²) in [6, 6.07) is 2.02. The van der Waals surface area contributed by atoms with Crippen molar-refractivity contribution < 1.29 is 8.78 Å². The Morgan fingerprint density at radius 3 is 2.79 bits per heavy atom. The molecule has 0 unspecified atom stereocenters. The second-order valence-corrected chi connectivity index (χ2v) is 4.33. The number of nitrogen functional groups attached to an aromatic ring is 1. The highest BCUT2D eigenvalue weighted by Crippen LogP contribution is 2.23. The number of nitrogens with zero attached hydrogens (tertiary/aromatic N) is 4. The van der Waals surface area contributed by atoms with Crippen molar-refractivity contribution in [1.29, 1.82) is 0 Å². The van der Waals surface area contributed by atoms with Gasteiger partial charge in [0.15, 0.2) is 5.82 Å². The summed E-state index contributed by atoms with van der Waals surface area (Å²) in [4.78, 5) is 3.93. The summed E-state index contributed by atoms with van der Waals surface area (Å²) in [5.41, 5.74) is 7.04. The molecule has 0 saturated carbocycles. The highest BCUT2D eigenvalue weighted by Gasteiger charge is 2.14. The lowest BCUT2D eigenvalue weighted by Gasteiger charge is -2.04. The maximum absolute atomic E-state index is 13.6. The molecule has 7 heteroatoms. The first kappa shape index (κ1) is 11.6. The summed E-state index contributed by atoms with van der Waals surface area (Å²) in [6.07, 6.45) is 3.47. The van der Waals surface area contributed by atoms with Crippen LogP contribution >= 0.6 is 0 Å². The number of nitrogens with two attached hydrogens (primary N) is 1. The van der Waals surface area contributed by atoms with Crippen molar-refractivity contribution in [3.05, 3.63) is 41.7 Å². The number of hydrogen-bond acceptors (Lipinski definition) is 3. The molecule has 0 bridgehead atoms. The van der Waals surface area contributed by atoms with Crippen LogP contribution in [-0.2, 0) is 13.6 Å². The van der Waals surface area contributed by atoms with Crippen LogP contribution in [0.1, 0.15) is 5.56 Å². The quantitative estimate of drug-likeness (QED) is 0.765. The zero-order chi connectivity index (χ0) is 13.6. The molecule has 3 aromatic rings. The second-order valence-electron chi connectivity index (χ2n) is 4.33. The monoisotopic (exact) mass is 263 g/mol. The van der Waals surface area contributed by atoms with E-state index >= 15 is 0 Å². The summed E-state index contributed by atoms with van der Waals surface area (Å²) >= 11 is 0. The van der Waals surface area contributed by atoms with Crippen molar-refractivity contribution in [2.24, 2.45) is 7.05 Å². The van der Waals surface area contributed by atoms with E-state index in [1.165, 1.54) is 6.07 Å². The van der Waals surface area contributed by atoms with Gasteiger partial charge >= 0.3 is 0 Å². The van der Waals surface area contributed by atoms with Gasteiger partial charge in [-0.05, 0) is 0 Å². The number of halogens is 2. The minimum absolute atomic E-state index is 0.0720. The van der Waals surface area contributed by atoms with Gasteiger partial charge in [-0.25, -0.2) is 13.8 Å². The third-order valence-electron chi connectivity index (χ3n) is 2.90. The number of imidazole rings is 1. The molecule has 0 aliphatic rings. The molecule has 0 saturated heterocycles. The first-order valence-electron chi connectivity index (χ1n) is 5.63. The Morgan fingerprint density at radius 1 is 1.32 bits per heavy atom. The molecule has 0 radical (unpaired) electrons. The predicted octanol–water partition coefficient (Wildman–Crippen LogP) is 1.68. The van der Waals surface area contributed by atoms with E-state index in [2.05, 4.69) is 10.1 Å². The van der Waals surface area contributed by atoms with E-state index < -0.39 is 11.6 Å². The molecule has 5 nitrogen and oxygen atoms in total. The molecule has 0 spiro atoms. The van der Waals surface area contributed by atoms with Crippen molar-refractivity contribution in [3.8, 4) is 0 Å². The fourth-order valence-corrected chi connectivity index (χ4v) is 2.07. The minimum atomic E-state index is -0.716. The number of aryl methyl sites for hydroxylation is 1. The average molecular weight is 263 g/mol. The van der Waals surface area contributed by atoms with E-state index in [1.807, 2.05) is 0 Å². The molecular formula is C12H11F2N5. The van der Waals surface area contributed by atoms with E-state index in [1.54, 1.807) is 28.7 Å². The van der Waals surface area contributed by atoms with Crippen LogP contribution in [-0.4, -0.2) is 19.3 Å². The largest absolute Gasteiger partial charge is 0.369 e. The average Bonchev–Trinajstić information content (AvgIpc) is 2.87. The van der Waals surface area contributed by atoms with Gasteiger partial charge in [0, 0.05) is 30.9 Å². The van der Waals surface area contributed by atoms with Gasteiger partial charge in [0.1, 0.15) is 11.3 Å². The summed E-state index contributed by atoms with van der Waals surface area (Å²) in [7, 11) is 1.79. The second kappa shape index (κ2) is 4.04. The Kier molecular flexibility index (Phi) is 2.48. The van der Waals surface area contributed by atoms with Crippen LogP contribution in [0.3, 0.4) is 0 Å². The van der Waals surface area contributed by atoms with Gasteiger partial charge in [-0.3, -0.25) is 4.68 Å². The molecule has 0 aliphatic heterocycles. The number of anilines is 1. The van der Waals surface area contributed by atoms with Gasteiger partial charge in [0.25, 0.3) is 0 Å². The van der Waals surface area contributed by atoms with Gasteiger partial charge in [0.2, 0.25) is 5.95 Å². The third-order valence-corrected chi connectivity index (χ3v) is 2.90. The summed E-state index contributed by atoms with van der Waals surface area (Å²) in [5, 5.41) is 4.04. The Labute approximate surface area is 107 Å². The Morgan fingerprint density at radius 2 is 2.11 bits per heavy atom. The molecule has 3 rings (SSSR count). The molecule has 2 heterocycles. The first-order chi connectivity index (χ1) is 9.04. The summed E-state index contributed by atoms with van der Waals surface area (Å²) in [5.74, 6) is -1.23. The Bertz CT molecular complexity index is 759. The fraction of sp³-hybridized carbons (Fsp3) is 0.167. The van der Waals surface area contributed by atoms with Crippen LogP contribution in [0.2, 0.25) is 0 Å². The van der Waals surface area contributed by atoms with Gasteiger partial charge < -0.3 is 10.3 Å². The number of aromatic nitrogens is 4. The molecule has 0 atom stereocenters. The van der Waals surface area contributed by atoms with Crippen molar-refractivity contribution in [2.45, 2.75) is 6.54 Å². The zero-order valence-electron chi connectivity index (χ0n) is 10.1. The highest BCUT2D eigenvalue weighted by molar-refractivity contribution is 5.79. The summed E-state index contributed by atoms with van der Waals surface area (Å²) < 4.78 is 30.1. The van der Waals surface area contributed by atoms with Gasteiger partial charge in [-0.1, -0.05) is 0 Å². The zero-order valence-corrected chi connectivity index (χ0v) is 10.1. The van der Waals surface area contributed by atoms with Crippen molar-refractivity contribution in [3.63, 3.8) is 0 Å². The SMILES string of the molecule is Cn1cc(Cn2c(N)nc3c(F)cc(F)cc32)cn1. The van der Waals surface area contributed by atoms with Crippen molar-refractivity contribution in [1.82, 2.24) is 19.3 Å². The van der Waals surface area contributed by atoms with E-state index in [9.17, 15) is 8.78 Å². The molecule has 98 valence electrons. The van der Waals surface area contributed by atoms with Gasteiger partial charge in [-0.15, -0.1) is 0 Å². The standard InChI is InChI=1S/C12H11F2N5/c1-18-5-7(4-16-18)6-19-10-3-8(13)2-9(14)11(10)17-12(19)15/h2-5H,6H2,1H3,(H2,15,17). The molecule has 1 aromatic carbocycles. The van der Waals surface area contributed by atoms with Crippen molar-refractivity contribution in [2.75, 3.05) is 5.73 Å². The maximum Gasteiger partial charge on any atom is 0.201 e. The lowest BCUT2D eigenvalue weighted by Crippen LogP contribution is -2.04. The van der Waals surface area contributed by atoms with Crippen LogP contribution < -0.4 is 5.73 Å². The minimum Gasteiger partial charge on any atom is -0.369 e. The Balaban J connectivity index is 2.15. The topological polar surface area (TPSA) is 61.7 Å². The number of fused-ring (bicyclic) bond motifs is 1. The molecular weight excluding hydrogens is 252 g/mol. The van der Waals surface area contributed by atoms with Crippen LogP contribution in [0.15, 0.2) is 24.5 Å². The molecule has 0 amide bonds. The van der Waals surface area contributed by atoms with E-state index in [0.717, 1.165) is 11.6 Å². The third kappa shape index (κ3) is 1.92. The van der Waals surface area contributed by atoms with Crippen LogP contribution in [0.4, 0.5) is 14.7 Å². The molecule has 0 aliphatic carbocycles. The Hall–Kier alpha value is -2.44. The molecule has 2 N–H and O–H groups in total. The number of benzene rings is 1. The lowest BCUT2D eigenvalue weighted by molar-refractivity contribution is 0.590. The normalized spacial score (nSPS) is 11.3. The number of hydrogen-bond donors (Lipinski definition) is 1. The predicted molar refractivity (Wildman–Crippen MR) is 66.4 cm³/mol. The highest BCUT2D eigenvalue weighted by atomic mass is 19.1. The summed E-state index contributed by atoms with van der Waals surface area (Å²) in [6.45, 7) is 0.360. The van der Waals surface area contributed by atoms with Crippen LogP contribution in [0.5, 0.6) is 0 Å². The maximum atomic E-state index is 13.6. The van der Waals surface area contributed by atoms with E-state index in [4.69, 9.17) is 5.73 Å². The lowest BCUT2D eigenvalue weighted by atomic mass is 10.3. The first-order valence-corrected chi connectivity index (χ1v) is 5.63. The van der Waals surface area contributed by atoms with E-state index in [0.29, 0.717) is 12.1 Å². The molecule has 19 heavy (non-hydrogen) atoms. The van der Waals surface area contributed by atoms with Gasteiger partial charge in [-0.2, -0.15) is 5.10 Å². The van der Waals surface area contributed by atoms with Crippen molar-refractivity contribution >= 4 is 17.0 Å². The van der Waals surface area contributed by atoms with Crippen LogP contribution in [0, 0.1) is 11.6 Å². The molecule has 2 aromatic heterocycles. The fourth-order valence-electron chi connectivity index (χ4n) is 2.07. The molecule has 0 fully saturated rings. The van der Waals surface area contributed by atoms with Crippen LogP contribution in [0.25, 0.3) is 11.0 Å². The van der Waals surface area contributed by atoms with Gasteiger partial charge in [0.05, 0.1) is 18.3 Å².